The fraction of sp³-hybridized carbons (Fsp3) is 0.320. The highest BCUT2D eigenvalue weighted by molar-refractivity contribution is 7.21. The summed E-state index contributed by atoms with van der Waals surface area (Å²) in [5, 5.41) is 3.48. The van der Waals surface area contributed by atoms with Crippen LogP contribution < -0.4 is 10.1 Å². The number of carbonyl (C=O) groups is 2. The molecule has 0 atom stereocenters. The van der Waals surface area contributed by atoms with Crippen molar-refractivity contribution in [2.45, 2.75) is 32.6 Å². The minimum Gasteiger partial charge on any atom is -0.494 e. The maximum absolute atomic E-state index is 13.3. The van der Waals surface area contributed by atoms with Gasteiger partial charge in [-0.05, 0) is 38.8 Å². The highest BCUT2D eigenvalue weighted by Gasteiger charge is 2.37. The molecule has 0 saturated heterocycles. The third kappa shape index (κ3) is 5.09. The van der Waals surface area contributed by atoms with Gasteiger partial charge in [0.2, 0.25) is 0 Å². The molecule has 0 spiro atoms. The van der Waals surface area contributed by atoms with Crippen LogP contribution in [0, 0.1) is 12.8 Å². The molecular weight excluding hydrogens is 516 g/mol. The van der Waals surface area contributed by atoms with E-state index in [-0.39, 0.29) is 23.0 Å². The summed E-state index contributed by atoms with van der Waals surface area (Å²) in [6, 6.07) is 3.44. The van der Waals surface area contributed by atoms with Crippen molar-refractivity contribution in [1.82, 2.24) is 24.9 Å². The number of pyridine rings is 2. The molecule has 1 N–H and O–H groups in total. The van der Waals surface area contributed by atoms with Crippen LogP contribution in [0.2, 0.25) is 5.15 Å². The van der Waals surface area contributed by atoms with Crippen molar-refractivity contribution in [2.24, 2.45) is 5.92 Å². The second-order valence-corrected chi connectivity index (χ2v) is 9.96. The van der Waals surface area contributed by atoms with E-state index in [0.717, 1.165) is 11.4 Å². The molecule has 1 amide bonds. The topological polar surface area (TPSA) is 129 Å². The van der Waals surface area contributed by atoms with E-state index >= 15 is 0 Å². The molecule has 1 fully saturated rings. The number of aromatic nitrogens is 5. The van der Waals surface area contributed by atoms with Gasteiger partial charge in [-0.15, -0.1) is 0 Å². The van der Waals surface area contributed by atoms with Crippen molar-refractivity contribution < 1.29 is 19.1 Å². The molecule has 4 aromatic rings. The Kier molecular flexibility index (Phi) is 6.98. The molecule has 10 nitrogen and oxygen atoms in total. The van der Waals surface area contributed by atoms with Crippen molar-refractivity contribution >= 4 is 50.4 Å². The summed E-state index contributed by atoms with van der Waals surface area (Å²) in [5.74, 6) is -0.0221. The largest absolute Gasteiger partial charge is 0.494 e. The number of halogens is 1. The third-order valence-corrected chi connectivity index (χ3v) is 7.23. The molecule has 0 aromatic carbocycles. The van der Waals surface area contributed by atoms with Gasteiger partial charge in [0.15, 0.2) is 15.6 Å². The van der Waals surface area contributed by atoms with Gasteiger partial charge >= 0.3 is 5.97 Å². The molecular formula is C25H23ClN6O4S. The van der Waals surface area contributed by atoms with Crippen molar-refractivity contribution in [2.75, 3.05) is 19.0 Å². The zero-order valence-corrected chi connectivity index (χ0v) is 21.9. The molecule has 0 unspecified atom stereocenters. The van der Waals surface area contributed by atoms with E-state index in [1.807, 2.05) is 6.92 Å². The van der Waals surface area contributed by atoms with Crippen molar-refractivity contribution in [1.29, 1.82) is 0 Å². The molecule has 1 saturated carbocycles. The summed E-state index contributed by atoms with van der Waals surface area (Å²) in [6.07, 6.45) is 6.07. The lowest BCUT2D eigenvalue weighted by Gasteiger charge is -2.32. The van der Waals surface area contributed by atoms with E-state index in [4.69, 9.17) is 21.1 Å². The highest BCUT2D eigenvalue weighted by atomic mass is 35.5. The molecule has 1 aliphatic rings. The number of ether oxygens (including phenoxy) is 2. The minimum absolute atomic E-state index is 0.0926. The predicted octanol–water partition coefficient (Wildman–Crippen LogP) is 4.82. The van der Waals surface area contributed by atoms with Gasteiger partial charge in [0.1, 0.15) is 10.9 Å². The number of rotatable bonds is 7. The van der Waals surface area contributed by atoms with Crippen LogP contribution in [0.1, 0.15) is 47.4 Å². The summed E-state index contributed by atoms with van der Waals surface area (Å²) < 4.78 is 10.5. The standard InChI is InChI=1S/C25H23ClN6O4S/c1-4-36-24(34)14-6-13(7-14)18-10-29-21-23(30-18)37-25(31-21)32-22(33)17-9-27-12(2)5-15(17)16-8-20(26)28-11-19(16)35-3/h5,8-11,13-14H,4,6-7H2,1-3H3,(H,29,31,32,33). The number of amides is 1. The molecule has 1 aliphatic carbocycles. The molecule has 0 bridgehead atoms. The average molecular weight is 539 g/mol. The third-order valence-electron chi connectivity index (χ3n) is 6.17. The van der Waals surface area contributed by atoms with E-state index in [1.54, 1.807) is 25.3 Å². The first-order valence-corrected chi connectivity index (χ1v) is 12.8. The van der Waals surface area contributed by atoms with Crippen LogP contribution in [0.5, 0.6) is 5.75 Å². The molecule has 0 aliphatic heterocycles. The zero-order valence-electron chi connectivity index (χ0n) is 20.3. The van der Waals surface area contributed by atoms with Gasteiger partial charge in [-0.2, -0.15) is 4.98 Å². The second kappa shape index (κ2) is 10.3. The lowest BCUT2D eigenvalue weighted by Crippen LogP contribution is -2.31. The van der Waals surface area contributed by atoms with Gasteiger partial charge < -0.3 is 9.47 Å². The van der Waals surface area contributed by atoms with Gasteiger partial charge in [0.05, 0.1) is 43.3 Å². The number of nitrogens with one attached hydrogen (secondary N) is 1. The fourth-order valence-electron chi connectivity index (χ4n) is 4.21. The van der Waals surface area contributed by atoms with E-state index in [9.17, 15) is 9.59 Å². The number of thiazole rings is 1. The predicted molar refractivity (Wildman–Crippen MR) is 139 cm³/mol. The van der Waals surface area contributed by atoms with Crippen LogP contribution in [0.4, 0.5) is 5.13 Å². The summed E-state index contributed by atoms with van der Waals surface area (Å²) in [6.45, 7) is 4.01. The smallest absolute Gasteiger partial charge is 0.308 e. The number of nitrogens with zero attached hydrogens (tertiary/aromatic N) is 5. The average Bonchev–Trinajstić information content (AvgIpc) is 3.24. The lowest BCUT2D eigenvalue weighted by molar-refractivity contribution is -0.151. The Bertz CT molecular complexity index is 1500. The Morgan fingerprint density at radius 2 is 1.92 bits per heavy atom. The summed E-state index contributed by atoms with van der Waals surface area (Å²) in [7, 11) is 1.53. The number of aryl methyl sites for hydroxylation is 1. The van der Waals surface area contributed by atoms with Gasteiger partial charge in [0.25, 0.3) is 5.91 Å². The van der Waals surface area contributed by atoms with Crippen molar-refractivity contribution in [3.05, 3.63) is 52.8 Å². The number of esters is 1. The zero-order chi connectivity index (χ0) is 26.1. The molecule has 4 heterocycles. The van der Waals surface area contributed by atoms with E-state index in [2.05, 4.69) is 30.2 Å². The van der Waals surface area contributed by atoms with Crippen LogP contribution in [-0.2, 0) is 9.53 Å². The number of hydrogen-bond donors (Lipinski definition) is 1. The van der Waals surface area contributed by atoms with Gasteiger partial charge in [-0.1, -0.05) is 22.9 Å². The first kappa shape index (κ1) is 25.0. The van der Waals surface area contributed by atoms with Crippen LogP contribution in [0.3, 0.4) is 0 Å². The quantitative estimate of drug-likeness (QED) is 0.260. The Morgan fingerprint density at radius 3 is 2.68 bits per heavy atom. The molecule has 37 heavy (non-hydrogen) atoms. The molecule has 190 valence electrons. The summed E-state index contributed by atoms with van der Waals surface area (Å²) in [4.78, 5) is 47.7. The summed E-state index contributed by atoms with van der Waals surface area (Å²) >= 11 is 7.36. The fourth-order valence-corrected chi connectivity index (χ4v) is 5.17. The second-order valence-electron chi connectivity index (χ2n) is 8.59. The van der Waals surface area contributed by atoms with Crippen LogP contribution in [0.25, 0.3) is 21.6 Å². The SMILES string of the molecule is CCOC(=O)C1CC(c2cnc3nc(NC(=O)c4cnc(C)cc4-c4cc(Cl)ncc4OC)sc3n2)C1. The number of carbonyl (C=O) groups excluding carboxylic acids is 2. The van der Waals surface area contributed by atoms with Crippen LogP contribution in [0.15, 0.2) is 30.7 Å². The summed E-state index contributed by atoms with van der Waals surface area (Å²) in [5.41, 5.74) is 3.52. The Morgan fingerprint density at radius 1 is 1.11 bits per heavy atom. The monoisotopic (exact) mass is 538 g/mol. The van der Waals surface area contributed by atoms with Gasteiger partial charge in [-0.3, -0.25) is 19.9 Å². The molecule has 4 aromatic heterocycles. The highest BCUT2D eigenvalue weighted by Crippen LogP contribution is 2.42. The first-order chi connectivity index (χ1) is 17.9. The molecule has 5 rings (SSSR count). The van der Waals surface area contributed by atoms with Gasteiger partial charge in [0, 0.05) is 28.9 Å². The van der Waals surface area contributed by atoms with Crippen LogP contribution in [-0.4, -0.2) is 50.5 Å². The Labute approximate surface area is 221 Å². The first-order valence-electron chi connectivity index (χ1n) is 11.6. The Balaban J connectivity index is 1.37. The minimum atomic E-state index is -0.395. The van der Waals surface area contributed by atoms with E-state index < -0.39 is 5.91 Å². The van der Waals surface area contributed by atoms with E-state index in [1.165, 1.54) is 30.8 Å². The normalized spacial score (nSPS) is 16.8. The maximum atomic E-state index is 13.3. The van der Waals surface area contributed by atoms with Crippen molar-refractivity contribution in [3.8, 4) is 16.9 Å². The van der Waals surface area contributed by atoms with Gasteiger partial charge in [-0.25, -0.2) is 15.0 Å². The lowest BCUT2D eigenvalue weighted by atomic mass is 9.73. The maximum Gasteiger partial charge on any atom is 0.308 e. The van der Waals surface area contributed by atoms with Crippen LogP contribution >= 0.6 is 22.9 Å². The van der Waals surface area contributed by atoms with Crippen molar-refractivity contribution in [3.63, 3.8) is 0 Å². The number of fused-ring (bicyclic) bond motifs is 1. The molecule has 0 radical (unpaired) electrons. The number of hydrogen-bond acceptors (Lipinski definition) is 10. The van der Waals surface area contributed by atoms with E-state index in [0.29, 0.717) is 57.5 Å². The number of anilines is 1. The molecule has 12 heteroatoms. The Hall–Kier alpha value is -3.70. The number of methoxy groups -OCH3 is 1.